The zero-order valence-electron chi connectivity index (χ0n) is 9.89. The molecule has 2 nitrogen and oxygen atoms in total. The number of carbonyl (C=O) groups is 1. The lowest BCUT2D eigenvalue weighted by molar-refractivity contribution is -0.117. The minimum atomic E-state index is 0.216. The van der Waals surface area contributed by atoms with E-state index in [0.29, 0.717) is 17.6 Å². The monoisotopic (exact) mass is 228 g/mol. The summed E-state index contributed by atoms with van der Waals surface area (Å²) in [6, 6.07) is 7.18. The van der Waals surface area contributed by atoms with Gasteiger partial charge in [-0.3, -0.25) is 4.79 Å². The molecule has 17 heavy (non-hydrogen) atoms. The molecule has 1 aromatic rings. The normalized spacial score (nSPS) is 31.5. The third-order valence-electron chi connectivity index (χ3n) is 4.06. The van der Waals surface area contributed by atoms with Crippen molar-refractivity contribution >= 4 is 11.4 Å². The van der Waals surface area contributed by atoms with Crippen LogP contribution in [0.3, 0.4) is 0 Å². The molecule has 2 aliphatic rings. The van der Waals surface area contributed by atoms with Gasteiger partial charge in [0.1, 0.15) is 5.75 Å². The van der Waals surface area contributed by atoms with Crippen molar-refractivity contribution in [3.05, 3.63) is 35.9 Å². The first-order chi connectivity index (χ1) is 8.15. The molecule has 2 heteroatoms. The maximum Gasteiger partial charge on any atom is 0.159 e. The molecular formula is C15H16O2. The molecule has 0 saturated heterocycles. The summed E-state index contributed by atoms with van der Waals surface area (Å²) in [4.78, 5) is 11.9. The van der Waals surface area contributed by atoms with Crippen LogP contribution in [0.15, 0.2) is 30.3 Å². The fourth-order valence-corrected chi connectivity index (χ4v) is 3.27. The van der Waals surface area contributed by atoms with Crippen LogP contribution < -0.4 is 0 Å². The van der Waals surface area contributed by atoms with Crippen molar-refractivity contribution in [1.82, 2.24) is 0 Å². The number of hydrogen-bond donors (Lipinski definition) is 1. The summed E-state index contributed by atoms with van der Waals surface area (Å²) >= 11 is 0. The van der Waals surface area contributed by atoms with Gasteiger partial charge in [-0.1, -0.05) is 19.1 Å². The Hall–Kier alpha value is -1.57. The summed E-state index contributed by atoms with van der Waals surface area (Å²) in [5.74, 6) is 1.84. The SMILES string of the molecule is CC1CC2C(=O)C=C(c3ccc(O)cc3)C2C1. The maximum absolute atomic E-state index is 11.9. The van der Waals surface area contributed by atoms with Gasteiger partial charge < -0.3 is 5.11 Å². The van der Waals surface area contributed by atoms with Gasteiger partial charge >= 0.3 is 0 Å². The van der Waals surface area contributed by atoms with Gasteiger partial charge in [-0.25, -0.2) is 0 Å². The second kappa shape index (κ2) is 3.73. The number of aromatic hydroxyl groups is 1. The number of rotatable bonds is 1. The highest BCUT2D eigenvalue weighted by Crippen LogP contribution is 2.48. The zero-order chi connectivity index (χ0) is 12.0. The average Bonchev–Trinajstić information content (AvgIpc) is 2.80. The van der Waals surface area contributed by atoms with E-state index in [0.717, 1.165) is 18.4 Å². The molecule has 0 spiro atoms. The van der Waals surface area contributed by atoms with Crippen LogP contribution in [-0.2, 0) is 4.79 Å². The van der Waals surface area contributed by atoms with Gasteiger partial charge in [0.2, 0.25) is 0 Å². The van der Waals surface area contributed by atoms with Crippen LogP contribution in [0.5, 0.6) is 5.75 Å². The first-order valence-corrected chi connectivity index (χ1v) is 6.20. The predicted octanol–water partition coefficient (Wildman–Crippen LogP) is 3.02. The number of fused-ring (bicyclic) bond motifs is 1. The minimum Gasteiger partial charge on any atom is -0.508 e. The summed E-state index contributed by atoms with van der Waals surface area (Å²) in [5.41, 5.74) is 2.25. The van der Waals surface area contributed by atoms with Crippen LogP contribution in [0, 0.1) is 17.8 Å². The predicted molar refractivity (Wildman–Crippen MR) is 66.5 cm³/mol. The summed E-state index contributed by atoms with van der Waals surface area (Å²) in [7, 11) is 0. The molecule has 0 aliphatic heterocycles. The lowest BCUT2D eigenvalue weighted by atomic mass is 9.90. The van der Waals surface area contributed by atoms with Crippen LogP contribution in [-0.4, -0.2) is 10.9 Å². The fraction of sp³-hybridized carbons (Fsp3) is 0.400. The average molecular weight is 228 g/mol. The van der Waals surface area contributed by atoms with Crippen LogP contribution in [0.4, 0.5) is 0 Å². The highest BCUT2D eigenvalue weighted by atomic mass is 16.3. The van der Waals surface area contributed by atoms with Crippen molar-refractivity contribution in [2.75, 3.05) is 0 Å². The van der Waals surface area contributed by atoms with Gasteiger partial charge in [0.25, 0.3) is 0 Å². The Bertz CT molecular complexity index is 484. The van der Waals surface area contributed by atoms with Crippen molar-refractivity contribution in [2.24, 2.45) is 17.8 Å². The van der Waals surface area contributed by atoms with Crippen LogP contribution in [0.25, 0.3) is 5.57 Å². The quantitative estimate of drug-likeness (QED) is 0.802. The van der Waals surface area contributed by atoms with Gasteiger partial charge in [0.05, 0.1) is 0 Å². The van der Waals surface area contributed by atoms with Crippen molar-refractivity contribution < 1.29 is 9.90 Å². The number of carbonyl (C=O) groups excluding carboxylic acids is 1. The molecule has 0 bridgehead atoms. The van der Waals surface area contributed by atoms with Gasteiger partial charge in [-0.15, -0.1) is 0 Å². The van der Waals surface area contributed by atoms with Crippen LogP contribution >= 0.6 is 0 Å². The summed E-state index contributed by atoms with van der Waals surface area (Å²) in [6.07, 6.45) is 3.96. The van der Waals surface area contributed by atoms with Crippen molar-refractivity contribution in [2.45, 2.75) is 19.8 Å². The standard InChI is InChI=1S/C15H16O2/c1-9-6-13-12(8-15(17)14(13)7-9)10-2-4-11(16)5-3-10/h2-5,8-9,13-14,16H,6-7H2,1H3. The first-order valence-electron chi connectivity index (χ1n) is 6.20. The van der Waals surface area contributed by atoms with E-state index in [2.05, 4.69) is 6.92 Å². The Morgan fingerprint density at radius 2 is 1.76 bits per heavy atom. The summed E-state index contributed by atoms with van der Waals surface area (Å²) in [5, 5.41) is 9.29. The van der Waals surface area contributed by atoms with E-state index in [1.54, 1.807) is 12.1 Å². The highest BCUT2D eigenvalue weighted by Gasteiger charge is 2.42. The van der Waals surface area contributed by atoms with Crippen molar-refractivity contribution in [3.63, 3.8) is 0 Å². The number of phenolic OH excluding ortho intramolecular Hbond substituents is 1. The Labute approximate surface area is 101 Å². The number of ketones is 1. The van der Waals surface area contributed by atoms with Gasteiger partial charge in [-0.2, -0.15) is 0 Å². The number of hydrogen-bond acceptors (Lipinski definition) is 2. The lowest BCUT2D eigenvalue weighted by Crippen LogP contribution is -2.09. The third kappa shape index (κ3) is 1.68. The Morgan fingerprint density at radius 3 is 2.47 bits per heavy atom. The molecule has 3 unspecified atom stereocenters. The molecule has 3 atom stereocenters. The zero-order valence-corrected chi connectivity index (χ0v) is 9.89. The molecule has 3 rings (SSSR count). The van der Waals surface area contributed by atoms with E-state index in [1.165, 1.54) is 5.57 Å². The van der Waals surface area contributed by atoms with Crippen molar-refractivity contribution in [1.29, 1.82) is 0 Å². The van der Waals surface area contributed by atoms with Crippen LogP contribution in [0.1, 0.15) is 25.3 Å². The molecule has 1 aromatic carbocycles. The minimum absolute atomic E-state index is 0.216. The molecule has 1 fully saturated rings. The molecule has 0 heterocycles. The van der Waals surface area contributed by atoms with Gasteiger partial charge in [0, 0.05) is 5.92 Å². The number of phenols is 1. The Balaban J connectivity index is 1.96. The van der Waals surface area contributed by atoms with E-state index >= 15 is 0 Å². The van der Waals surface area contributed by atoms with Gasteiger partial charge in [0.15, 0.2) is 5.78 Å². The van der Waals surface area contributed by atoms with E-state index < -0.39 is 0 Å². The molecular weight excluding hydrogens is 212 g/mol. The second-order valence-corrected chi connectivity index (χ2v) is 5.34. The third-order valence-corrected chi connectivity index (χ3v) is 4.06. The summed E-state index contributed by atoms with van der Waals surface area (Å²) in [6.45, 7) is 2.22. The molecule has 1 saturated carbocycles. The second-order valence-electron chi connectivity index (χ2n) is 5.34. The lowest BCUT2D eigenvalue weighted by Gasteiger charge is -2.13. The smallest absolute Gasteiger partial charge is 0.159 e. The highest BCUT2D eigenvalue weighted by molar-refractivity contribution is 6.04. The largest absolute Gasteiger partial charge is 0.508 e. The maximum atomic E-state index is 11.9. The molecule has 1 N–H and O–H groups in total. The molecule has 2 aliphatic carbocycles. The van der Waals surface area contributed by atoms with E-state index in [-0.39, 0.29) is 11.7 Å². The van der Waals surface area contributed by atoms with E-state index in [1.807, 2.05) is 18.2 Å². The topological polar surface area (TPSA) is 37.3 Å². The Kier molecular flexibility index (Phi) is 2.32. The molecule has 88 valence electrons. The molecule has 0 aromatic heterocycles. The number of benzene rings is 1. The molecule has 0 amide bonds. The summed E-state index contributed by atoms with van der Waals surface area (Å²) < 4.78 is 0. The molecule has 0 radical (unpaired) electrons. The van der Waals surface area contributed by atoms with E-state index in [9.17, 15) is 9.90 Å². The van der Waals surface area contributed by atoms with Crippen LogP contribution in [0.2, 0.25) is 0 Å². The van der Waals surface area contributed by atoms with Gasteiger partial charge in [-0.05, 0) is 54.0 Å². The van der Waals surface area contributed by atoms with E-state index in [4.69, 9.17) is 0 Å². The first kappa shape index (κ1) is 10.6. The fourth-order valence-electron chi connectivity index (χ4n) is 3.27. The van der Waals surface area contributed by atoms with Crippen molar-refractivity contribution in [3.8, 4) is 5.75 Å². The Morgan fingerprint density at radius 1 is 1.12 bits per heavy atom. The number of allylic oxidation sites excluding steroid dienone is 2.